The Morgan fingerprint density at radius 1 is 1.02 bits per heavy atom. The highest BCUT2D eigenvalue weighted by molar-refractivity contribution is 8.02. The third-order valence-corrected chi connectivity index (χ3v) is 11.4. The fraction of sp³-hybridized carbons (Fsp3) is 0.457. The third kappa shape index (κ3) is 5.26. The molecule has 4 heterocycles. The molecule has 3 amide bonds. The summed E-state index contributed by atoms with van der Waals surface area (Å²) in [4.78, 5) is 49.2. The molecule has 2 aromatic rings. The van der Waals surface area contributed by atoms with Crippen molar-refractivity contribution in [2.75, 3.05) is 36.1 Å². The molecule has 6 atom stereocenters. The van der Waals surface area contributed by atoms with Crippen molar-refractivity contribution in [1.29, 1.82) is 0 Å². The number of amides is 3. The molecule has 6 rings (SSSR count). The van der Waals surface area contributed by atoms with Gasteiger partial charge in [0.25, 0.3) is 5.91 Å². The van der Waals surface area contributed by atoms with Crippen LogP contribution >= 0.6 is 23.4 Å². The zero-order valence-corrected chi connectivity index (χ0v) is 27.6. The van der Waals surface area contributed by atoms with Crippen LogP contribution in [0.3, 0.4) is 0 Å². The monoisotopic (exact) mass is 649 g/mol. The van der Waals surface area contributed by atoms with Crippen molar-refractivity contribution >= 4 is 52.5 Å². The van der Waals surface area contributed by atoms with E-state index >= 15 is 0 Å². The van der Waals surface area contributed by atoms with Gasteiger partial charge in [0.2, 0.25) is 11.8 Å². The number of likely N-dealkylation sites (tertiary alicyclic amines) is 1. The number of halogens is 1. The zero-order chi connectivity index (χ0) is 32.0. The van der Waals surface area contributed by atoms with Crippen molar-refractivity contribution in [3.8, 4) is 5.75 Å². The number of benzene rings is 2. The van der Waals surface area contributed by atoms with Gasteiger partial charge < -0.3 is 24.5 Å². The maximum Gasteiger partial charge on any atom is 0.251 e. The smallest absolute Gasteiger partial charge is 0.251 e. The lowest BCUT2D eigenvalue weighted by molar-refractivity contribution is -0.142. The van der Waals surface area contributed by atoms with Crippen LogP contribution in [0.25, 0.3) is 0 Å². The van der Waals surface area contributed by atoms with E-state index in [4.69, 9.17) is 16.3 Å². The van der Waals surface area contributed by atoms with Gasteiger partial charge >= 0.3 is 0 Å². The van der Waals surface area contributed by atoms with Crippen molar-refractivity contribution in [3.05, 3.63) is 77.4 Å². The van der Waals surface area contributed by atoms with E-state index in [0.717, 1.165) is 17.0 Å². The van der Waals surface area contributed by atoms with Crippen LogP contribution in [0.2, 0.25) is 5.02 Å². The number of aliphatic hydroxyl groups is 1. The molecule has 0 aromatic heterocycles. The van der Waals surface area contributed by atoms with E-state index in [1.54, 1.807) is 20.8 Å². The number of para-hydroxylation sites is 1. The number of rotatable bonds is 8. The fourth-order valence-corrected chi connectivity index (χ4v) is 9.89. The summed E-state index contributed by atoms with van der Waals surface area (Å²) in [5.74, 6) is -1.24. The Morgan fingerprint density at radius 2 is 1.76 bits per heavy atom. The van der Waals surface area contributed by atoms with E-state index in [0.29, 0.717) is 30.3 Å². The summed E-state index contributed by atoms with van der Waals surface area (Å²) in [6.45, 7) is 8.82. The lowest BCUT2D eigenvalue weighted by atomic mass is 9.78. The molecule has 1 N–H and O–H groups in total. The first-order chi connectivity index (χ1) is 21.6. The number of aliphatic hydroxyl groups excluding tert-OH is 1. The zero-order valence-electron chi connectivity index (χ0n) is 26.1. The molecule has 4 aliphatic heterocycles. The van der Waals surface area contributed by atoms with Crippen LogP contribution in [-0.4, -0.2) is 76.1 Å². The molecular weight excluding hydrogens is 610 g/mol. The van der Waals surface area contributed by atoms with Gasteiger partial charge in [0, 0.05) is 24.0 Å². The van der Waals surface area contributed by atoms with E-state index < -0.39 is 28.7 Å². The maximum atomic E-state index is 14.9. The maximum absolute atomic E-state index is 14.9. The normalized spacial score (nSPS) is 28.2. The highest BCUT2D eigenvalue weighted by Gasteiger charge is 2.72. The van der Waals surface area contributed by atoms with Gasteiger partial charge in [-0.25, -0.2) is 0 Å². The van der Waals surface area contributed by atoms with Crippen LogP contribution < -0.4 is 14.5 Å². The van der Waals surface area contributed by atoms with Crippen molar-refractivity contribution in [3.63, 3.8) is 0 Å². The van der Waals surface area contributed by atoms with Crippen molar-refractivity contribution in [1.82, 2.24) is 4.90 Å². The number of carbonyl (C=O) groups is 3. The number of hydrogen-bond donors (Lipinski definition) is 1. The second-order valence-corrected chi connectivity index (χ2v) is 14.5. The minimum absolute atomic E-state index is 0.147. The largest absolute Gasteiger partial charge is 0.494 e. The average Bonchev–Trinajstić information content (AvgIpc) is 3.33. The molecule has 4 aliphatic rings. The summed E-state index contributed by atoms with van der Waals surface area (Å²) in [5.41, 5.74) is 2.18. The Balaban J connectivity index is 1.45. The number of hydrogen-bond acceptors (Lipinski definition) is 6. The van der Waals surface area contributed by atoms with Crippen LogP contribution in [0.5, 0.6) is 5.75 Å². The Labute approximate surface area is 274 Å². The van der Waals surface area contributed by atoms with Gasteiger partial charge in [-0.1, -0.05) is 61.9 Å². The summed E-state index contributed by atoms with van der Waals surface area (Å²) in [6, 6.07) is 11.4. The van der Waals surface area contributed by atoms with Crippen LogP contribution in [0.4, 0.5) is 11.4 Å². The highest BCUT2D eigenvalue weighted by Crippen LogP contribution is 2.62. The van der Waals surface area contributed by atoms with Crippen LogP contribution in [0.1, 0.15) is 32.8 Å². The first-order valence-electron chi connectivity index (χ1n) is 15.7. The van der Waals surface area contributed by atoms with Gasteiger partial charge in [0.05, 0.1) is 46.5 Å². The second-order valence-electron chi connectivity index (χ2n) is 12.6. The molecule has 0 saturated carbocycles. The third-order valence-electron chi connectivity index (χ3n) is 9.36. The van der Waals surface area contributed by atoms with Gasteiger partial charge in [-0.05, 0) is 62.1 Å². The molecule has 0 bridgehead atoms. The highest BCUT2D eigenvalue weighted by atomic mass is 35.5. The standard InChI is InChI=1S/C35H40ClN3O5S/c1-5-44-25-14-12-23(13-15-25)37-17-7-11-27-28(32(37)41)29-33(42)39(24(20-40)19-21(2)3)31-34(43)38(18-8-16-35(29,31)45-27)30-22(4)9-6-10-26(30)36/h6-16,21,24,27-29,31,40H,5,17-20H2,1-4H3/t24-,27-,28+,29+,31?,35+/m1/s1. The number of anilines is 2. The van der Waals surface area contributed by atoms with E-state index in [1.165, 1.54) is 11.8 Å². The molecule has 8 nitrogen and oxygen atoms in total. The van der Waals surface area contributed by atoms with E-state index in [1.807, 2.05) is 88.4 Å². The molecule has 0 radical (unpaired) electrons. The molecule has 45 heavy (non-hydrogen) atoms. The summed E-state index contributed by atoms with van der Waals surface area (Å²) in [7, 11) is 0. The van der Waals surface area contributed by atoms with Crippen LogP contribution in [0, 0.1) is 24.7 Å². The molecule has 238 valence electrons. The minimum Gasteiger partial charge on any atom is -0.494 e. The SMILES string of the molecule is CCOc1ccc(N2CC=C[C@H]3S[C@]45C=CCN(c6c(C)cccc6Cl)C(=O)C4N([C@@H](CO)CC(C)C)C(=O)[C@@H]5[C@H]3C2=O)cc1. The van der Waals surface area contributed by atoms with Gasteiger partial charge in [-0.3, -0.25) is 14.4 Å². The number of carbonyl (C=O) groups excluding carboxylic acids is 3. The first-order valence-corrected chi connectivity index (χ1v) is 16.9. The summed E-state index contributed by atoms with van der Waals surface area (Å²) >= 11 is 8.22. The molecule has 0 aliphatic carbocycles. The number of ether oxygens (including phenoxy) is 1. The summed E-state index contributed by atoms with van der Waals surface area (Å²) in [5, 5.41) is 10.8. The average molecular weight is 650 g/mol. The molecule has 2 fully saturated rings. The molecule has 2 aromatic carbocycles. The van der Waals surface area contributed by atoms with Crippen molar-refractivity contribution < 1.29 is 24.2 Å². The van der Waals surface area contributed by atoms with Crippen LogP contribution in [0.15, 0.2) is 66.8 Å². The predicted molar refractivity (Wildman–Crippen MR) is 179 cm³/mol. The first kappa shape index (κ1) is 31.7. The van der Waals surface area contributed by atoms with Gasteiger partial charge in [0.15, 0.2) is 0 Å². The quantitative estimate of drug-likeness (QED) is 0.393. The van der Waals surface area contributed by atoms with Crippen molar-refractivity contribution in [2.24, 2.45) is 17.8 Å². The molecule has 1 unspecified atom stereocenters. The molecule has 1 spiro atoms. The second kappa shape index (κ2) is 12.5. The van der Waals surface area contributed by atoms with E-state index in [-0.39, 0.29) is 42.0 Å². The number of nitrogens with zero attached hydrogens (tertiary/aromatic N) is 3. The topological polar surface area (TPSA) is 90.4 Å². The number of fused-ring (bicyclic) bond motifs is 2. The molecule has 10 heteroatoms. The van der Waals surface area contributed by atoms with Crippen LogP contribution in [-0.2, 0) is 14.4 Å². The lowest BCUT2D eigenvalue weighted by Gasteiger charge is -2.39. The molecule has 2 saturated heterocycles. The summed E-state index contributed by atoms with van der Waals surface area (Å²) in [6.07, 6.45) is 8.47. The van der Waals surface area contributed by atoms with Gasteiger partial charge in [0.1, 0.15) is 11.8 Å². The predicted octanol–water partition coefficient (Wildman–Crippen LogP) is 5.26. The Hall–Kier alpha value is -3.27. The fourth-order valence-electron chi connectivity index (χ4n) is 7.58. The number of aryl methyl sites for hydroxylation is 1. The summed E-state index contributed by atoms with van der Waals surface area (Å²) < 4.78 is 4.60. The minimum atomic E-state index is -1.00. The lowest BCUT2D eigenvalue weighted by Crippen LogP contribution is -2.57. The molecular formula is C35H40ClN3O5S. The Kier molecular flexibility index (Phi) is 8.80. The van der Waals surface area contributed by atoms with Gasteiger partial charge in [-0.2, -0.15) is 0 Å². The Morgan fingerprint density at radius 3 is 2.42 bits per heavy atom. The Bertz CT molecular complexity index is 1520. The van der Waals surface area contributed by atoms with E-state index in [2.05, 4.69) is 0 Å². The van der Waals surface area contributed by atoms with E-state index in [9.17, 15) is 19.5 Å². The van der Waals surface area contributed by atoms with Crippen molar-refractivity contribution in [2.45, 2.75) is 56.2 Å². The number of thioether (sulfide) groups is 1. The van der Waals surface area contributed by atoms with Gasteiger partial charge in [-0.15, -0.1) is 11.8 Å².